The van der Waals surface area contributed by atoms with E-state index in [4.69, 9.17) is 9.47 Å². The number of carbonyl (C=O) groups is 3. The average Bonchev–Trinajstić information content (AvgIpc) is 3.44. The smallest absolute Gasteiger partial charge is 0.312 e. The molecule has 0 aromatic carbocycles. The second-order valence-electron chi connectivity index (χ2n) is 9.49. The summed E-state index contributed by atoms with van der Waals surface area (Å²) in [5.41, 5.74) is -1.09. The lowest BCUT2D eigenvalue weighted by molar-refractivity contribution is -0.156. The second-order valence-corrected chi connectivity index (χ2v) is 9.49. The highest BCUT2D eigenvalue weighted by atomic mass is 16.6. The molecule has 3 unspecified atom stereocenters. The molecule has 2 amide bonds. The quantitative estimate of drug-likeness (QED) is 0.271. The highest BCUT2D eigenvalue weighted by Crippen LogP contribution is 2.59. The number of likely N-dealkylation sites (tertiary alicyclic amines) is 1. The lowest BCUT2D eigenvalue weighted by Gasteiger charge is -2.40. The van der Waals surface area contributed by atoms with Crippen LogP contribution < -0.4 is 0 Å². The second kappa shape index (κ2) is 10.4. The van der Waals surface area contributed by atoms with Crippen LogP contribution in [0.1, 0.15) is 52.9 Å². The maximum absolute atomic E-state index is 14.0. The number of hydrogen-bond acceptors (Lipinski definition) is 6. The molecule has 3 aliphatic rings. The van der Waals surface area contributed by atoms with Crippen LogP contribution >= 0.6 is 0 Å². The van der Waals surface area contributed by atoms with Gasteiger partial charge in [-0.1, -0.05) is 25.5 Å². The van der Waals surface area contributed by atoms with Gasteiger partial charge in [0.2, 0.25) is 11.8 Å². The van der Waals surface area contributed by atoms with Gasteiger partial charge in [-0.3, -0.25) is 14.4 Å². The molecule has 8 nitrogen and oxygen atoms in total. The molecule has 184 valence electrons. The van der Waals surface area contributed by atoms with E-state index in [1.165, 1.54) is 4.90 Å². The Bertz CT molecular complexity index is 785. The SMILES string of the molecule is C=CCCOC(=O)[C@@H]1[C@H]2C(=O)N([C@H](C)CO)C(C(=O)N(CC=C)C(C)CCC)C23CC[C@H]1O3. The van der Waals surface area contributed by atoms with E-state index in [0.717, 1.165) is 12.8 Å². The fourth-order valence-electron chi connectivity index (χ4n) is 5.90. The summed E-state index contributed by atoms with van der Waals surface area (Å²) in [5.74, 6) is -2.53. The minimum Gasteiger partial charge on any atom is -0.465 e. The van der Waals surface area contributed by atoms with Crippen molar-refractivity contribution in [2.45, 2.75) is 82.7 Å². The number of amides is 2. The summed E-state index contributed by atoms with van der Waals surface area (Å²) >= 11 is 0. The lowest BCUT2D eigenvalue weighted by atomic mass is 9.70. The zero-order valence-corrected chi connectivity index (χ0v) is 20.1. The monoisotopic (exact) mass is 462 g/mol. The largest absolute Gasteiger partial charge is 0.465 e. The van der Waals surface area contributed by atoms with Crippen LogP contribution in [0.25, 0.3) is 0 Å². The fourth-order valence-corrected chi connectivity index (χ4v) is 5.90. The number of rotatable bonds is 12. The number of esters is 1. The van der Waals surface area contributed by atoms with E-state index in [1.54, 1.807) is 24.0 Å². The van der Waals surface area contributed by atoms with Gasteiger partial charge in [-0.2, -0.15) is 0 Å². The van der Waals surface area contributed by atoms with Gasteiger partial charge in [0.1, 0.15) is 11.6 Å². The predicted octanol–water partition coefficient (Wildman–Crippen LogP) is 2.06. The Hall–Kier alpha value is -2.19. The maximum atomic E-state index is 14.0. The number of aliphatic hydroxyl groups excluding tert-OH is 1. The van der Waals surface area contributed by atoms with E-state index < -0.39 is 41.6 Å². The molecule has 3 fully saturated rings. The third-order valence-corrected chi connectivity index (χ3v) is 7.40. The number of aliphatic hydroxyl groups is 1. The van der Waals surface area contributed by atoms with Crippen molar-refractivity contribution in [2.75, 3.05) is 19.8 Å². The van der Waals surface area contributed by atoms with Crippen LogP contribution in [0.3, 0.4) is 0 Å². The predicted molar refractivity (Wildman–Crippen MR) is 123 cm³/mol. The first-order valence-corrected chi connectivity index (χ1v) is 12.1. The lowest BCUT2D eigenvalue weighted by Crippen LogP contribution is -2.59. The highest BCUT2D eigenvalue weighted by molar-refractivity contribution is 5.98. The van der Waals surface area contributed by atoms with Crippen molar-refractivity contribution in [2.24, 2.45) is 11.8 Å². The minimum absolute atomic E-state index is 0.0457. The van der Waals surface area contributed by atoms with Gasteiger partial charge < -0.3 is 24.4 Å². The van der Waals surface area contributed by atoms with Gasteiger partial charge in [-0.15, -0.1) is 13.2 Å². The van der Waals surface area contributed by atoms with Gasteiger partial charge in [-0.25, -0.2) is 0 Å². The van der Waals surface area contributed by atoms with Crippen LogP contribution in [0, 0.1) is 11.8 Å². The molecule has 0 saturated carbocycles. The summed E-state index contributed by atoms with van der Waals surface area (Å²) in [6.45, 7) is 13.5. The van der Waals surface area contributed by atoms with Gasteiger partial charge in [0.05, 0.1) is 37.2 Å². The van der Waals surface area contributed by atoms with Crippen molar-refractivity contribution in [3.63, 3.8) is 0 Å². The van der Waals surface area contributed by atoms with E-state index in [-0.39, 0.29) is 31.1 Å². The van der Waals surface area contributed by atoms with E-state index >= 15 is 0 Å². The molecule has 3 saturated heterocycles. The van der Waals surface area contributed by atoms with Crippen molar-refractivity contribution in [3.8, 4) is 0 Å². The Morgan fingerprint density at radius 1 is 1.36 bits per heavy atom. The standard InChI is InChI=1S/C25H38N2O6/c1-6-9-14-32-24(31)19-18-11-12-25(33-18)20(19)22(29)27(17(5)15-28)21(25)23(30)26(13-8-3)16(4)10-7-2/h6,8,16-21,28H,1,3,7,9-15H2,2,4-5H3/t16?,17-,18-,19+,20+,21?,25?/m1/s1. The molecule has 3 rings (SSSR count). The summed E-state index contributed by atoms with van der Waals surface area (Å²) < 4.78 is 11.8. The van der Waals surface area contributed by atoms with Gasteiger partial charge in [0.15, 0.2) is 0 Å². The van der Waals surface area contributed by atoms with Crippen LogP contribution in [-0.2, 0) is 23.9 Å². The molecule has 0 aromatic heterocycles. The molecular weight excluding hydrogens is 424 g/mol. The Labute approximate surface area is 196 Å². The van der Waals surface area contributed by atoms with Crippen molar-refractivity contribution < 1.29 is 29.0 Å². The summed E-state index contributed by atoms with van der Waals surface area (Å²) in [6, 6.07) is -1.53. The van der Waals surface area contributed by atoms with E-state index in [1.807, 2.05) is 6.92 Å². The number of fused-ring (bicyclic) bond motifs is 1. The molecule has 0 aliphatic carbocycles. The van der Waals surface area contributed by atoms with Crippen molar-refractivity contribution >= 4 is 17.8 Å². The molecule has 0 aromatic rings. The number of carbonyl (C=O) groups excluding carboxylic acids is 3. The topological polar surface area (TPSA) is 96.4 Å². The summed E-state index contributed by atoms with van der Waals surface area (Å²) in [4.78, 5) is 44.0. The fraction of sp³-hybridized carbons (Fsp3) is 0.720. The number of ether oxygens (including phenoxy) is 2. The third kappa shape index (κ3) is 4.23. The van der Waals surface area contributed by atoms with Gasteiger partial charge in [-0.05, 0) is 39.5 Å². The Kier molecular flexibility index (Phi) is 8.00. The van der Waals surface area contributed by atoms with Crippen molar-refractivity contribution in [1.82, 2.24) is 9.80 Å². The van der Waals surface area contributed by atoms with Gasteiger partial charge in [0.25, 0.3) is 0 Å². The molecular formula is C25H38N2O6. The van der Waals surface area contributed by atoms with Crippen LogP contribution in [0.5, 0.6) is 0 Å². The zero-order valence-electron chi connectivity index (χ0n) is 20.1. The minimum atomic E-state index is -1.09. The average molecular weight is 463 g/mol. The summed E-state index contributed by atoms with van der Waals surface area (Å²) in [6.07, 6.45) is 6.25. The number of hydrogen-bond donors (Lipinski definition) is 1. The van der Waals surface area contributed by atoms with E-state index in [2.05, 4.69) is 20.1 Å². The van der Waals surface area contributed by atoms with Crippen molar-refractivity contribution in [3.05, 3.63) is 25.3 Å². The first-order valence-electron chi connectivity index (χ1n) is 12.1. The molecule has 1 N–H and O–H groups in total. The third-order valence-electron chi connectivity index (χ3n) is 7.40. The molecule has 8 heteroatoms. The Morgan fingerprint density at radius 2 is 2.09 bits per heavy atom. The van der Waals surface area contributed by atoms with Gasteiger partial charge >= 0.3 is 5.97 Å². The zero-order chi connectivity index (χ0) is 24.3. The maximum Gasteiger partial charge on any atom is 0.312 e. The number of nitrogens with zero attached hydrogens (tertiary/aromatic N) is 2. The summed E-state index contributed by atoms with van der Waals surface area (Å²) in [7, 11) is 0. The van der Waals surface area contributed by atoms with Crippen LogP contribution in [-0.4, -0.2) is 82.3 Å². The molecule has 33 heavy (non-hydrogen) atoms. The molecule has 0 radical (unpaired) electrons. The Morgan fingerprint density at radius 3 is 2.70 bits per heavy atom. The molecule has 7 atom stereocenters. The van der Waals surface area contributed by atoms with Crippen LogP contribution in [0.4, 0.5) is 0 Å². The molecule has 3 aliphatic heterocycles. The van der Waals surface area contributed by atoms with Crippen molar-refractivity contribution in [1.29, 1.82) is 0 Å². The van der Waals surface area contributed by atoms with Gasteiger partial charge in [0, 0.05) is 12.6 Å². The molecule has 2 bridgehead atoms. The first kappa shape index (κ1) is 25.4. The van der Waals surface area contributed by atoms with Crippen LogP contribution in [0.2, 0.25) is 0 Å². The van der Waals surface area contributed by atoms with Crippen LogP contribution in [0.15, 0.2) is 25.3 Å². The Balaban J connectivity index is 2.00. The first-order chi connectivity index (χ1) is 15.8. The highest BCUT2D eigenvalue weighted by Gasteiger charge is 2.75. The molecule has 3 heterocycles. The van der Waals surface area contributed by atoms with E-state index in [0.29, 0.717) is 25.8 Å². The van der Waals surface area contributed by atoms with E-state index in [9.17, 15) is 19.5 Å². The molecule has 1 spiro atoms. The summed E-state index contributed by atoms with van der Waals surface area (Å²) in [5, 5.41) is 9.92. The normalized spacial score (nSPS) is 31.8.